The number of pyridine rings is 1. The van der Waals surface area contributed by atoms with Gasteiger partial charge in [0.05, 0.1) is 17.6 Å². The Morgan fingerprint density at radius 2 is 1.54 bits per heavy atom. The van der Waals surface area contributed by atoms with E-state index in [0.29, 0.717) is 5.52 Å². The van der Waals surface area contributed by atoms with E-state index >= 15 is 0 Å². The van der Waals surface area contributed by atoms with E-state index in [-0.39, 0.29) is 17.7 Å². The molecule has 35 heavy (non-hydrogen) atoms. The van der Waals surface area contributed by atoms with Gasteiger partial charge >= 0.3 is 6.18 Å². The molecule has 0 atom stereocenters. The Balaban J connectivity index is 1.44. The number of nitrogens with zero attached hydrogens (tertiary/aromatic N) is 2. The van der Waals surface area contributed by atoms with Crippen LogP contribution in [-0.4, -0.2) is 30.7 Å². The molecule has 0 radical (unpaired) electrons. The van der Waals surface area contributed by atoms with Crippen molar-refractivity contribution in [1.29, 1.82) is 0 Å². The predicted molar refractivity (Wildman–Crippen MR) is 134 cm³/mol. The number of nitrogens with one attached hydrogen (secondary N) is 2. The summed E-state index contributed by atoms with van der Waals surface area (Å²) in [5.74, 6) is 0. The van der Waals surface area contributed by atoms with Crippen LogP contribution in [0.4, 0.5) is 30.2 Å². The van der Waals surface area contributed by atoms with Gasteiger partial charge in [0.2, 0.25) is 0 Å². The molecule has 5 nitrogen and oxygen atoms in total. The average molecular weight is 479 g/mol. The Morgan fingerprint density at radius 3 is 2.29 bits per heavy atom. The first-order valence-corrected chi connectivity index (χ1v) is 11.5. The minimum Gasteiger partial charge on any atom is -0.369 e. The molecule has 180 valence electrons. The quantitative estimate of drug-likeness (QED) is 0.413. The monoisotopic (exact) mass is 478 g/mol. The van der Waals surface area contributed by atoms with Crippen LogP contribution in [0.2, 0.25) is 0 Å². The van der Waals surface area contributed by atoms with Gasteiger partial charge in [0.25, 0.3) is 5.56 Å². The van der Waals surface area contributed by atoms with Gasteiger partial charge in [-0.05, 0) is 59.5 Å². The summed E-state index contributed by atoms with van der Waals surface area (Å²) in [6.45, 7) is 3.69. The van der Waals surface area contributed by atoms with Crippen LogP contribution in [0.15, 0.2) is 83.7 Å². The van der Waals surface area contributed by atoms with Gasteiger partial charge in [0.15, 0.2) is 0 Å². The summed E-state index contributed by atoms with van der Waals surface area (Å²) in [6, 6.07) is 22.1. The van der Waals surface area contributed by atoms with Crippen molar-refractivity contribution in [1.82, 2.24) is 9.88 Å². The third-order valence-electron chi connectivity index (χ3n) is 6.28. The molecule has 0 saturated carbocycles. The number of hydrogen-bond acceptors (Lipinski definition) is 4. The highest BCUT2D eigenvalue weighted by molar-refractivity contribution is 5.84. The van der Waals surface area contributed by atoms with E-state index in [9.17, 15) is 18.0 Å². The van der Waals surface area contributed by atoms with Gasteiger partial charge in [-0.1, -0.05) is 24.3 Å². The largest absolute Gasteiger partial charge is 0.416 e. The Hall–Kier alpha value is -3.78. The molecule has 1 aliphatic heterocycles. The van der Waals surface area contributed by atoms with E-state index < -0.39 is 11.7 Å². The smallest absolute Gasteiger partial charge is 0.369 e. The second kappa shape index (κ2) is 9.46. The van der Waals surface area contributed by atoms with Crippen LogP contribution in [0.3, 0.4) is 0 Å². The van der Waals surface area contributed by atoms with E-state index in [4.69, 9.17) is 0 Å². The molecule has 1 saturated heterocycles. The average Bonchev–Trinajstić information content (AvgIpc) is 2.86. The number of hydrogen-bond donors (Lipinski definition) is 2. The first-order chi connectivity index (χ1) is 16.9. The number of anilines is 3. The van der Waals surface area contributed by atoms with Crippen LogP contribution >= 0.6 is 0 Å². The van der Waals surface area contributed by atoms with E-state index in [2.05, 4.69) is 27.7 Å². The van der Waals surface area contributed by atoms with Crippen LogP contribution in [0.1, 0.15) is 11.1 Å². The molecule has 1 aliphatic rings. The van der Waals surface area contributed by atoms with E-state index in [0.717, 1.165) is 54.7 Å². The first-order valence-electron chi connectivity index (χ1n) is 11.5. The fraction of sp³-hybridized carbons (Fsp3) is 0.222. The Bertz CT molecular complexity index is 1390. The maximum absolute atomic E-state index is 13.5. The molecule has 0 amide bonds. The molecule has 2 heterocycles. The van der Waals surface area contributed by atoms with Crippen LogP contribution in [-0.2, 0) is 12.7 Å². The van der Waals surface area contributed by atoms with Crippen LogP contribution in [0.25, 0.3) is 10.9 Å². The number of halogens is 3. The highest BCUT2D eigenvalue weighted by atomic mass is 19.4. The van der Waals surface area contributed by atoms with Gasteiger partial charge in [-0.25, -0.2) is 0 Å². The van der Waals surface area contributed by atoms with Gasteiger partial charge < -0.3 is 20.1 Å². The lowest BCUT2D eigenvalue weighted by Crippen LogP contribution is -2.43. The molecular formula is C27H25F3N4O. The van der Waals surface area contributed by atoms with Crippen molar-refractivity contribution < 1.29 is 13.2 Å². The molecule has 4 aromatic rings. The van der Waals surface area contributed by atoms with Crippen molar-refractivity contribution in [2.45, 2.75) is 12.7 Å². The van der Waals surface area contributed by atoms with Crippen molar-refractivity contribution in [2.75, 3.05) is 36.4 Å². The summed E-state index contributed by atoms with van der Waals surface area (Å²) in [4.78, 5) is 15.0. The molecule has 2 N–H and O–H groups in total. The van der Waals surface area contributed by atoms with Crippen molar-refractivity contribution in [3.63, 3.8) is 0 Å². The number of piperazine rings is 1. The molecule has 0 unspecified atom stereocenters. The second-order valence-electron chi connectivity index (χ2n) is 8.60. The fourth-order valence-corrected chi connectivity index (χ4v) is 4.48. The van der Waals surface area contributed by atoms with E-state index in [1.165, 1.54) is 22.8 Å². The van der Waals surface area contributed by atoms with Crippen LogP contribution in [0.5, 0.6) is 0 Å². The zero-order valence-corrected chi connectivity index (χ0v) is 19.0. The minimum atomic E-state index is -4.49. The lowest BCUT2D eigenvalue weighted by atomic mass is 10.1. The van der Waals surface area contributed by atoms with Gasteiger partial charge in [0.1, 0.15) is 0 Å². The summed E-state index contributed by atoms with van der Waals surface area (Å²) in [7, 11) is 0. The SMILES string of the molecule is O=c1ccc2ccc(Nc3ccc(N4CCNCC4)cc3)cc2n1Cc1ccccc1C(F)(F)F. The second-order valence-corrected chi connectivity index (χ2v) is 8.60. The zero-order chi connectivity index (χ0) is 24.4. The molecule has 0 aliphatic carbocycles. The Labute approximate surface area is 200 Å². The maximum Gasteiger partial charge on any atom is 0.416 e. The summed E-state index contributed by atoms with van der Waals surface area (Å²) < 4.78 is 41.9. The molecular weight excluding hydrogens is 453 g/mol. The molecule has 1 fully saturated rings. The molecule has 0 spiro atoms. The van der Waals surface area contributed by atoms with Gasteiger partial charge in [-0.3, -0.25) is 4.79 Å². The van der Waals surface area contributed by atoms with Crippen molar-refractivity contribution >= 4 is 28.0 Å². The summed E-state index contributed by atoms with van der Waals surface area (Å²) >= 11 is 0. The van der Waals surface area contributed by atoms with E-state index in [1.54, 1.807) is 18.2 Å². The van der Waals surface area contributed by atoms with Gasteiger partial charge in [-0.15, -0.1) is 0 Å². The molecule has 5 rings (SSSR count). The van der Waals surface area contributed by atoms with Crippen molar-refractivity contribution in [3.05, 3.63) is 100 Å². The number of rotatable bonds is 5. The number of benzene rings is 3. The van der Waals surface area contributed by atoms with Crippen LogP contribution < -0.4 is 21.1 Å². The van der Waals surface area contributed by atoms with Gasteiger partial charge in [-0.2, -0.15) is 13.2 Å². The van der Waals surface area contributed by atoms with Gasteiger partial charge in [0, 0.05) is 49.3 Å². The maximum atomic E-state index is 13.5. The molecule has 3 aromatic carbocycles. The Kier molecular flexibility index (Phi) is 6.21. The highest BCUT2D eigenvalue weighted by Gasteiger charge is 2.33. The lowest BCUT2D eigenvalue weighted by Gasteiger charge is -2.29. The molecule has 1 aromatic heterocycles. The van der Waals surface area contributed by atoms with Crippen molar-refractivity contribution in [3.8, 4) is 0 Å². The lowest BCUT2D eigenvalue weighted by molar-refractivity contribution is -0.138. The molecule has 0 bridgehead atoms. The number of alkyl halides is 3. The third-order valence-corrected chi connectivity index (χ3v) is 6.28. The first kappa shape index (κ1) is 23.0. The Morgan fingerprint density at radius 1 is 0.857 bits per heavy atom. The summed E-state index contributed by atoms with van der Waals surface area (Å²) in [5, 5.41) is 7.46. The number of aromatic nitrogens is 1. The fourth-order valence-electron chi connectivity index (χ4n) is 4.48. The molecule has 8 heteroatoms. The number of fused-ring (bicyclic) bond motifs is 1. The highest BCUT2D eigenvalue weighted by Crippen LogP contribution is 2.32. The summed E-state index contributed by atoms with van der Waals surface area (Å²) in [5.41, 5.74) is 2.32. The summed E-state index contributed by atoms with van der Waals surface area (Å²) in [6.07, 6.45) is -4.49. The topological polar surface area (TPSA) is 49.3 Å². The minimum absolute atomic E-state index is 0.0523. The predicted octanol–water partition coefficient (Wildman–Crippen LogP) is 5.22. The van der Waals surface area contributed by atoms with Crippen LogP contribution in [0, 0.1) is 0 Å². The zero-order valence-electron chi connectivity index (χ0n) is 19.0. The standard InChI is InChI=1S/C27H25F3N4O/c28-27(29,30)24-4-2-1-3-20(24)18-34-25-17-22(7-5-19(25)6-12-26(34)35)32-21-8-10-23(11-9-21)33-15-13-31-14-16-33/h1-12,17,31-32H,13-16,18H2. The van der Waals surface area contributed by atoms with E-state index in [1.807, 2.05) is 24.3 Å². The van der Waals surface area contributed by atoms with Crippen molar-refractivity contribution in [2.24, 2.45) is 0 Å². The third kappa shape index (κ3) is 5.02. The normalized spacial score (nSPS) is 14.3.